The summed E-state index contributed by atoms with van der Waals surface area (Å²) >= 11 is 1.87. The molecular weight excluding hydrogens is 292 g/mol. The molecule has 7 nitrogen and oxygen atoms in total. The van der Waals surface area contributed by atoms with E-state index < -0.39 is 4.92 Å². The molecule has 1 N–H and O–H groups in total. The number of fused-ring (bicyclic) bond motifs is 1. The second-order valence-electron chi connectivity index (χ2n) is 4.68. The number of hydrogen-bond donors (Lipinski definition) is 1. The highest BCUT2D eigenvalue weighted by atomic mass is 32.2. The van der Waals surface area contributed by atoms with Crippen molar-refractivity contribution in [3.8, 4) is 0 Å². The van der Waals surface area contributed by atoms with Gasteiger partial charge in [0, 0.05) is 12.6 Å². The Morgan fingerprint density at radius 1 is 1.24 bits per heavy atom. The molecule has 0 radical (unpaired) electrons. The second kappa shape index (κ2) is 7.82. The van der Waals surface area contributed by atoms with E-state index in [1.165, 1.54) is 31.1 Å². The SMILES string of the molecule is CSCCCCCCNc1ccc([N+](=O)[O-])c2nonc12. The maximum Gasteiger partial charge on any atom is 0.300 e. The molecule has 0 bridgehead atoms. The topological polar surface area (TPSA) is 94.1 Å². The highest BCUT2D eigenvalue weighted by Crippen LogP contribution is 2.28. The average Bonchev–Trinajstić information content (AvgIpc) is 2.95. The van der Waals surface area contributed by atoms with Gasteiger partial charge in [-0.25, -0.2) is 4.63 Å². The number of benzene rings is 1. The van der Waals surface area contributed by atoms with Crippen molar-refractivity contribution >= 4 is 34.2 Å². The number of nitro groups is 1. The van der Waals surface area contributed by atoms with E-state index in [1.54, 1.807) is 6.07 Å². The quantitative estimate of drug-likeness (QED) is 0.430. The van der Waals surface area contributed by atoms with Gasteiger partial charge in [-0.2, -0.15) is 11.8 Å². The van der Waals surface area contributed by atoms with Crippen LogP contribution < -0.4 is 5.32 Å². The minimum atomic E-state index is -0.484. The Hall–Kier alpha value is -1.83. The predicted molar refractivity (Wildman–Crippen MR) is 83.8 cm³/mol. The summed E-state index contributed by atoms with van der Waals surface area (Å²) in [6.45, 7) is 0.805. The van der Waals surface area contributed by atoms with Crippen molar-refractivity contribution in [3.63, 3.8) is 0 Å². The molecule has 0 unspecified atom stereocenters. The van der Waals surface area contributed by atoms with Crippen LogP contribution in [0.2, 0.25) is 0 Å². The largest absolute Gasteiger partial charge is 0.383 e. The molecule has 0 aliphatic heterocycles. The molecule has 0 saturated heterocycles. The van der Waals surface area contributed by atoms with E-state index in [1.807, 2.05) is 11.8 Å². The molecule has 0 fully saturated rings. The van der Waals surface area contributed by atoms with Crippen LogP contribution >= 0.6 is 11.8 Å². The third-order valence-corrected chi connectivity index (χ3v) is 3.88. The first-order valence-corrected chi connectivity index (χ1v) is 8.26. The Morgan fingerprint density at radius 3 is 2.76 bits per heavy atom. The summed E-state index contributed by atoms with van der Waals surface area (Å²) < 4.78 is 4.62. The van der Waals surface area contributed by atoms with Gasteiger partial charge in [0.1, 0.15) is 0 Å². The Labute approximate surface area is 126 Å². The number of anilines is 1. The number of thioether (sulfide) groups is 1. The maximum atomic E-state index is 10.9. The first kappa shape index (κ1) is 15.6. The summed E-state index contributed by atoms with van der Waals surface area (Å²) in [4.78, 5) is 10.4. The number of aromatic nitrogens is 2. The fourth-order valence-electron chi connectivity index (χ4n) is 2.09. The zero-order chi connectivity index (χ0) is 15.1. The van der Waals surface area contributed by atoms with Gasteiger partial charge >= 0.3 is 5.69 Å². The Morgan fingerprint density at radius 2 is 2.00 bits per heavy atom. The van der Waals surface area contributed by atoms with Crippen molar-refractivity contribution in [3.05, 3.63) is 22.2 Å². The minimum Gasteiger partial charge on any atom is -0.383 e. The van der Waals surface area contributed by atoms with Gasteiger partial charge < -0.3 is 5.32 Å². The van der Waals surface area contributed by atoms with Crippen molar-refractivity contribution < 1.29 is 9.55 Å². The number of nitrogens with zero attached hydrogens (tertiary/aromatic N) is 3. The summed E-state index contributed by atoms with van der Waals surface area (Å²) in [5, 5.41) is 21.5. The van der Waals surface area contributed by atoms with Crippen LogP contribution in [0.3, 0.4) is 0 Å². The highest BCUT2D eigenvalue weighted by Gasteiger charge is 2.19. The molecule has 1 aromatic heterocycles. The molecule has 0 aliphatic rings. The molecule has 0 amide bonds. The molecule has 21 heavy (non-hydrogen) atoms. The average molecular weight is 310 g/mol. The molecule has 0 atom stereocenters. The molecule has 1 heterocycles. The zero-order valence-electron chi connectivity index (χ0n) is 11.9. The van der Waals surface area contributed by atoms with Crippen LogP contribution in [0.25, 0.3) is 11.0 Å². The van der Waals surface area contributed by atoms with Crippen molar-refractivity contribution in [2.24, 2.45) is 0 Å². The van der Waals surface area contributed by atoms with Crippen LogP contribution in [0.4, 0.5) is 11.4 Å². The van der Waals surface area contributed by atoms with Crippen LogP contribution in [0.15, 0.2) is 16.8 Å². The van der Waals surface area contributed by atoms with Gasteiger partial charge in [-0.15, -0.1) is 0 Å². The molecule has 2 aromatic rings. The molecule has 0 aliphatic carbocycles. The van der Waals surface area contributed by atoms with Gasteiger partial charge in [0.2, 0.25) is 5.52 Å². The minimum absolute atomic E-state index is 0.0890. The number of nitrogens with one attached hydrogen (secondary N) is 1. The lowest BCUT2D eigenvalue weighted by Crippen LogP contribution is -2.02. The third kappa shape index (κ3) is 4.07. The molecular formula is C13H18N4O3S. The lowest BCUT2D eigenvalue weighted by molar-refractivity contribution is -0.383. The van der Waals surface area contributed by atoms with E-state index in [9.17, 15) is 10.1 Å². The molecule has 0 saturated carbocycles. The van der Waals surface area contributed by atoms with Gasteiger partial charge in [0.25, 0.3) is 0 Å². The molecule has 2 rings (SSSR count). The van der Waals surface area contributed by atoms with Gasteiger partial charge in [-0.1, -0.05) is 12.8 Å². The first-order chi connectivity index (χ1) is 10.2. The normalized spacial score (nSPS) is 10.9. The maximum absolute atomic E-state index is 10.9. The number of non-ortho nitro benzene ring substituents is 1. The van der Waals surface area contributed by atoms with Crippen molar-refractivity contribution in [2.45, 2.75) is 25.7 Å². The van der Waals surface area contributed by atoms with E-state index in [2.05, 4.69) is 26.5 Å². The summed E-state index contributed by atoms with van der Waals surface area (Å²) in [6, 6.07) is 3.08. The zero-order valence-corrected chi connectivity index (χ0v) is 12.7. The van der Waals surface area contributed by atoms with E-state index in [0.29, 0.717) is 5.52 Å². The summed E-state index contributed by atoms with van der Waals surface area (Å²) in [5.74, 6) is 1.21. The van der Waals surface area contributed by atoms with Gasteiger partial charge in [0.05, 0.1) is 10.6 Å². The predicted octanol–water partition coefficient (Wildman–Crippen LogP) is 3.47. The monoisotopic (exact) mass is 310 g/mol. The molecule has 8 heteroatoms. The first-order valence-electron chi connectivity index (χ1n) is 6.86. The van der Waals surface area contributed by atoms with Gasteiger partial charge in [-0.05, 0) is 41.2 Å². The fourth-order valence-corrected chi connectivity index (χ4v) is 2.58. The summed E-state index contributed by atoms with van der Waals surface area (Å²) in [6.07, 6.45) is 6.81. The summed E-state index contributed by atoms with van der Waals surface area (Å²) in [5.41, 5.74) is 1.23. The Balaban J connectivity index is 1.90. The highest BCUT2D eigenvalue weighted by molar-refractivity contribution is 7.98. The smallest absolute Gasteiger partial charge is 0.300 e. The van der Waals surface area contributed by atoms with Crippen molar-refractivity contribution in [1.82, 2.24) is 10.3 Å². The lowest BCUT2D eigenvalue weighted by atomic mass is 10.2. The van der Waals surface area contributed by atoms with Crippen LogP contribution in [-0.2, 0) is 0 Å². The van der Waals surface area contributed by atoms with Gasteiger partial charge in [0.15, 0.2) is 5.52 Å². The molecule has 0 spiro atoms. The van der Waals surface area contributed by atoms with E-state index >= 15 is 0 Å². The van der Waals surface area contributed by atoms with E-state index in [-0.39, 0.29) is 11.2 Å². The fraction of sp³-hybridized carbons (Fsp3) is 0.538. The third-order valence-electron chi connectivity index (χ3n) is 3.18. The number of hydrogen-bond acceptors (Lipinski definition) is 7. The standard InChI is InChI=1S/C13H18N4O3S/c1-21-9-5-3-2-4-8-14-10-6-7-11(17(18)19)13-12(10)15-20-16-13/h6-7,14H,2-5,8-9H2,1H3. The summed E-state index contributed by atoms with van der Waals surface area (Å²) in [7, 11) is 0. The van der Waals surface area contributed by atoms with Crippen LogP contribution in [0.1, 0.15) is 25.7 Å². The number of rotatable bonds is 9. The van der Waals surface area contributed by atoms with Crippen LogP contribution in [0, 0.1) is 10.1 Å². The Bertz CT molecular complexity index is 602. The van der Waals surface area contributed by atoms with Crippen molar-refractivity contribution in [1.29, 1.82) is 0 Å². The molecule has 1 aromatic carbocycles. The van der Waals surface area contributed by atoms with E-state index in [4.69, 9.17) is 0 Å². The number of nitro benzene ring substituents is 1. The van der Waals surface area contributed by atoms with E-state index in [0.717, 1.165) is 18.7 Å². The lowest BCUT2D eigenvalue weighted by Gasteiger charge is -2.06. The van der Waals surface area contributed by atoms with Crippen molar-refractivity contribution in [2.75, 3.05) is 23.9 Å². The van der Waals surface area contributed by atoms with Crippen LogP contribution in [0.5, 0.6) is 0 Å². The second-order valence-corrected chi connectivity index (χ2v) is 5.67. The number of unbranched alkanes of at least 4 members (excludes halogenated alkanes) is 3. The van der Waals surface area contributed by atoms with Crippen LogP contribution in [-0.4, -0.2) is 33.8 Å². The Kier molecular flexibility index (Phi) is 5.79. The van der Waals surface area contributed by atoms with Gasteiger partial charge in [-0.3, -0.25) is 10.1 Å². The molecule has 114 valence electrons.